The lowest BCUT2D eigenvalue weighted by molar-refractivity contribution is -0.138. The second kappa shape index (κ2) is 11.6. The van der Waals surface area contributed by atoms with Gasteiger partial charge in [-0.15, -0.1) is 0 Å². The van der Waals surface area contributed by atoms with E-state index in [4.69, 9.17) is 15.2 Å². The Bertz CT molecular complexity index is 1850. The number of aliphatic hydroxyl groups is 1. The number of carbonyl (C=O) groups is 2. The molecule has 0 unspecified atom stereocenters. The van der Waals surface area contributed by atoms with E-state index in [1.165, 1.54) is 32.2 Å². The summed E-state index contributed by atoms with van der Waals surface area (Å²) in [5.74, 6) is -1.41. The molecule has 6 rings (SSSR count). The summed E-state index contributed by atoms with van der Waals surface area (Å²) in [7, 11) is 1.50. The number of hydrogen-bond acceptors (Lipinski definition) is 7. The third-order valence-corrected chi connectivity index (χ3v) is 8.55. The number of hydrogen-bond donors (Lipinski definition) is 3. The van der Waals surface area contributed by atoms with Gasteiger partial charge < -0.3 is 25.6 Å². The van der Waals surface area contributed by atoms with Crippen LogP contribution in [0.2, 0.25) is 0 Å². The van der Waals surface area contributed by atoms with Gasteiger partial charge in [0.1, 0.15) is 22.6 Å². The summed E-state index contributed by atoms with van der Waals surface area (Å²) in [6.45, 7) is 2.77. The van der Waals surface area contributed by atoms with E-state index in [1.54, 1.807) is 19.1 Å². The van der Waals surface area contributed by atoms with Crippen molar-refractivity contribution in [1.29, 1.82) is 0 Å². The lowest BCUT2D eigenvalue weighted by Gasteiger charge is -2.29. The van der Waals surface area contributed by atoms with Crippen LogP contribution in [0, 0.1) is 12.8 Å². The first kappa shape index (κ1) is 31.3. The molecule has 0 bridgehead atoms. The summed E-state index contributed by atoms with van der Waals surface area (Å²) in [4.78, 5) is 30.7. The Morgan fingerprint density at radius 3 is 2.48 bits per heavy atom. The molecule has 2 aliphatic rings. The minimum Gasteiger partial charge on any atom is -0.494 e. The van der Waals surface area contributed by atoms with Crippen molar-refractivity contribution >= 4 is 22.7 Å². The second-order valence-corrected chi connectivity index (χ2v) is 11.9. The molecule has 4 aromatic rings. The normalized spacial score (nSPS) is 16.2. The highest BCUT2D eigenvalue weighted by molar-refractivity contribution is 6.00. The van der Waals surface area contributed by atoms with E-state index in [9.17, 15) is 27.9 Å². The molecule has 2 amide bonds. The molecule has 2 saturated carbocycles. The summed E-state index contributed by atoms with van der Waals surface area (Å²) < 4.78 is 54.6. The number of nitrogens with one attached hydrogen (secondary N) is 1. The molecule has 2 aliphatic carbocycles. The molecule has 4 N–H and O–H groups in total. The van der Waals surface area contributed by atoms with Crippen LogP contribution in [-0.2, 0) is 11.8 Å². The number of ether oxygens (including phenoxy) is 2. The lowest BCUT2D eigenvalue weighted by Crippen LogP contribution is -2.43. The van der Waals surface area contributed by atoms with Crippen LogP contribution >= 0.6 is 0 Å². The molecule has 0 spiro atoms. The quantitative estimate of drug-likeness (QED) is 0.203. The molecule has 0 aliphatic heterocycles. The molecule has 46 heavy (non-hydrogen) atoms. The van der Waals surface area contributed by atoms with Gasteiger partial charge in [-0.25, -0.2) is 4.98 Å². The molecule has 0 saturated heterocycles. The first-order valence-corrected chi connectivity index (χ1v) is 15.1. The number of halogens is 3. The van der Waals surface area contributed by atoms with E-state index in [-0.39, 0.29) is 58.5 Å². The van der Waals surface area contributed by atoms with Gasteiger partial charge in [0.25, 0.3) is 11.8 Å². The van der Waals surface area contributed by atoms with Crippen molar-refractivity contribution in [3.05, 3.63) is 70.5 Å². The number of amides is 2. The number of nitrogens with zero attached hydrogens (tertiary/aromatic N) is 3. The molecule has 10 nitrogen and oxygen atoms in total. The van der Waals surface area contributed by atoms with Crippen LogP contribution in [0.4, 0.5) is 13.2 Å². The minimum atomic E-state index is -4.64. The Morgan fingerprint density at radius 1 is 1.13 bits per heavy atom. The fraction of sp³-hybridized carbons (Fsp3) is 0.394. The first-order chi connectivity index (χ1) is 21.8. The van der Waals surface area contributed by atoms with Crippen LogP contribution in [0.5, 0.6) is 11.5 Å². The molecule has 13 heteroatoms. The standard InChI is InChI=1S/C33H34F3N5O5/c1-4-46-29-23(30(37)42)14-26(39-28(29)18-6-5-17(2)24(12-18)33(34,35)36)32(44,21-7-8-21)16-38-31(43)19-11-20-15-41(22-9-10-22)40-27(20)25(13-19)45-3/h5-6,11-15,21-22,44H,4,7-10,16H2,1-3H3,(H2,37,42)(H,38,43)/t32-/m1/s1. The summed E-state index contributed by atoms with van der Waals surface area (Å²) in [6, 6.07) is 8.58. The predicted octanol–water partition coefficient (Wildman–Crippen LogP) is 5.29. The summed E-state index contributed by atoms with van der Waals surface area (Å²) in [5, 5.41) is 20.2. The van der Waals surface area contributed by atoms with Gasteiger partial charge in [-0.1, -0.05) is 12.1 Å². The van der Waals surface area contributed by atoms with Gasteiger partial charge in [0.05, 0.1) is 43.1 Å². The van der Waals surface area contributed by atoms with Gasteiger partial charge in [0.2, 0.25) is 0 Å². The highest BCUT2D eigenvalue weighted by Gasteiger charge is 2.47. The number of pyridine rings is 1. The zero-order chi connectivity index (χ0) is 33.0. The number of aryl methyl sites for hydroxylation is 1. The van der Waals surface area contributed by atoms with Crippen LogP contribution in [-0.4, -0.2) is 51.9 Å². The number of benzene rings is 2. The molecular weight excluding hydrogens is 603 g/mol. The fourth-order valence-corrected chi connectivity index (χ4v) is 5.76. The third kappa shape index (κ3) is 5.86. The fourth-order valence-electron chi connectivity index (χ4n) is 5.76. The van der Waals surface area contributed by atoms with Gasteiger partial charge in [0.15, 0.2) is 5.75 Å². The monoisotopic (exact) mass is 637 g/mol. The number of methoxy groups -OCH3 is 1. The van der Waals surface area contributed by atoms with Crippen molar-refractivity contribution in [3.8, 4) is 22.8 Å². The Kier molecular flexibility index (Phi) is 7.91. The topological polar surface area (TPSA) is 142 Å². The Morgan fingerprint density at radius 2 is 1.87 bits per heavy atom. The van der Waals surface area contributed by atoms with Gasteiger partial charge in [-0.05, 0) is 75.3 Å². The van der Waals surface area contributed by atoms with Crippen LogP contribution in [0.3, 0.4) is 0 Å². The van der Waals surface area contributed by atoms with Crippen molar-refractivity contribution in [3.63, 3.8) is 0 Å². The highest BCUT2D eigenvalue weighted by Crippen LogP contribution is 2.47. The van der Waals surface area contributed by atoms with Crippen molar-refractivity contribution in [2.75, 3.05) is 20.3 Å². The maximum absolute atomic E-state index is 13.9. The van der Waals surface area contributed by atoms with Crippen molar-refractivity contribution in [2.24, 2.45) is 11.7 Å². The minimum absolute atomic E-state index is 0.00684. The van der Waals surface area contributed by atoms with Gasteiger partial charge in [0, 0.05) is 22.7 Å². The summed E-state index contributed by atoms with van der Waals surface area (Å²) in [6.07, 6.45) is 0.512. The molecular formula is C33H34F3N5O5. The third-order valence-electron chi connectivity index (χ3n) is 8.55. The number of nitrogens with two attached hydrogens (primary N) is 1. The molecule has 2 aromatic heterocycles. The van der Waals surface area contributed by atoms with E-state index >= 15 is 0 Å². The zero-order valence-corrected chi connectivity index (χ0v) is 25.6. The Labute approximate surface area is 262 Å². The Balaban J connectivity index is 1.38. The maximum Gasteiger partial charge on any atom is 0.416 e. The van der Waals surface area contributed by atoms with Crippen LogP contribution in [0.25, 0.3) is 22.2 Å². The van der Waals surface area contributed by atoms with E-state index in [2.05, 4.69) is 15.4 Å². The average molecular weight is 638 g/mol. The van der Waals surface area contributed by atoms with Crippen molar-refractivity contribution in [1.82, 2.24) is 20.1 Å². The number of rotatable bonds is 11. The highest BCUT2D eigenvalue weighted by atomic mass is 19.4. The van der Waals surface area contributed by atoms with Gasteiger partial charge in [-0.2, -0.15) is 18.3 Å². The molecule has 0 radical (unpaired) electrons. The van der Waals surface area contributed by atoms with Crippen LogP contribution in [0.15, 0.2) is 42.6 Å². The largest absolute Gasteiger partial charge is 0.494 e. The smallest absolute Gasteiger partial charge is 0.416 e. The van der Waals surface area contributed by atoms with Crippen LogP contribution < -0.4 is 20.5 Å². The van der Waals surface area contributed by atoms with E-state index < -0.39 is 29.2 Å². The van der Waals surface area contributed by atoms with E-state index in [0.29, 0.717) is 30.1 Å². The number of primary amides is 1. The summed E-state index contributed by atoms with van der Waals surface area (Å²) in [5.41, 5.74) is 3.78. The lowest BCUT2D eigenvalue weighted by atomic mass is 9.90. The Hall–Kier alpha value is -4.65. The molecule has 242 valence electrons. The number of fused-ring (bicyclic) bond motifs is 1. The summed E-state index contributed by atoms with van der Waals surface area (Å²) >= 11 is 0. The SMILES string of the molecule is CCOc1c(C(N)=O)cc([C@@](O)(CNC(=O)c2cc(OC)c3nn(C4CC4)cc3c2)C2CC2)nc1-c1ccc(C)c(C(F)(F)F)c1. The maximum atomic E-state index is 13.9. The molecule has 1 atom stereocenters. The second-order valence-electron chi connectivity index (χ2n) is 11.9. The first-order valence-electron chi connectivity index (χ1n) is 15.1. The molecule has 2 aromatic carbocycles. The van der Waals surface area contributed by atoms with E-state index in [0.717, 1.165) is 24.3 Å². The number of alkyl halides is 3. The van der Waals surface area contributed by atoms with Crippen LogP contribution in [0.1, 0.15) is 76.2 Å². The molecule has 2 heterocycles. The van der Waals surface area contributed by atoms with Crippen molar-refractivity contribution < 1.29 is 37.3 Å². The van der Waals surface area contributed by atoms with E-state index in [1.807, 2.05) is 10.9 Å². The zero-order valence-electron chi connectivity index (χ0n) is 25.6. The predicted molar refractivity (Wildman–Crippen MR) is 163 cm³/mol. The average Bonchev–Trinajstić information content (AvgIpc) is 3.96. The number of carbonyl (C=O) groups excluding carboxylic acids is 2. The van der Waals surface area contributed by atoms with Gasteiger partial charge in [-0.3, -0.25) is 14.3 Å². The van der Waals surface area contributed by atoms with Gasteiger partial charge >= 0.3 is 6.18 Å². The number of aromatic nitrogens is 3. The van der Waals surface area contributed by atoms with Crippen molar-refractivity contribution in [2.45, 2.75) is 57.3 Å². The molecule has 2 fully saturated rings.